The van der Waals surface area contributed by atoms with Gasteiger partial charge >= 0.3 is 0 Å². The molecule has 0 saturated carbocycles. The van der Waals surface area contributed by atoms with Gasteiger partial charge in [-0.2, -0.15) is 0 Å². The molecule has 98 valence electrons. The lowest BCUT2D eigenvalue weighted by molar-refractivity contribution is 0.110. The molecule has 2 aromatic rings. The lowest BCUT2D eigenvalue weighted by atomic mass is 10.1. The molecule has 18 heavy (non-hydrogen) atoms. The first-order valence-electron chi connectivity index (χ1n) is 5.72. The van der Waals surface area contributed by atoms with Crippen molar-refractivity contribution in [2.24, 2.45) is 0 Å². The highest BCUT2D eigenvalue weighted by Crippen LogP contribution is 2.28. The van der Waals surface area contributed by atoms with Gasteiger partial charge in [-0.1, -0.05) is 15.9 Å². The number of hydrogen-bond acceptors (Lipinski definition) is 2. The number of fused-ring (bicyclic) bond motifs is 1. The zero-order valence-electron chi connectivity index (χ0n) is 10.7. The van der Waals surface area contributed by atoms with Gasteiger partial charge in [0.1, 0.15) is 5.82 Å². The van der Waals surface area contributed by atoms with Crippen LogP contribution in [0.3, 0.4) is 0 Å². The van der Waals surface area contributed by atoms with Gasteiger partial charge in [0, 0.05) is 11.6 Å². The quantitative estimate of drug-likeness (QED) is 0.794. The third kappa shape index (κ3) is 2.42. The summed E-state index contributed by atoms with van der Waals surface area (Å²) >= 11 is 9.51. The maximum Gasteiger partial charge on any atom is 0.125 e. The highest BCUT2D eigenvalue weighted by atomic mass is 79.9. The van der Waals surface area contributed by atoms with Crippen molar-refractivity contribution in [3.05, 3.63) is 28.5 Å². The molecule has 1 heterocycles. The molecule has 0 saturated heterocycles. The van der Waals surface area contributed by atoms with Gasteiger partial charge in [-0.3, -0.25) is 0 Å². The molecule has 0 unspecified atom stereocenters. The van der Waals surface area contributed by atoms with Crippen LogP contribution in [0.2, 0.25) is 0 Å². The van der Waals surface area contributed by atoms with Crippen LogP contribution in [0.4, 0.5) is 0 Å². The Morgan fingerprint density at radius 2 is 2.17 bits per heavy atom. The van der Waals surface area contributed by atoms with Crippen molar-refractivity contribution < 1.29 is 4.74 Å². The molecule has 0 spiro atoms. The molecule has 0 aliphatic rings. The maximum absolute atomic E-state index is 6.01. The molecule has 2 rings (SSSR count). The molecule has 1 aromatic heterocycles. The normalized spacial score (nSPS) is 12.3. The summed E-state index contributed by atoms with van der Waals surface area (Å²) in [4.78, 5) is 4.58. The first-order valence-corrected chi connectivity index (χ1v) is 7.04. The van der Waals surface area contributed by atoms with Crippen LogP contribution in [0.15, 0.2) is 22.7 Å². The second-order valence-corrected chi connectivity index (χ2v) is 6.06. The van der Waals surface area contributed by atoms with Crippen molar-refractivity contribution in [3.63, 3.8) is 0 Å². The van der Waals surface area contributed by atoms with E-state index in [0.29, 0.717) is 12.5 Å². The molecule has 5 heteroatoms. The predicted molar refractivity (Wildman–Crippen MR) is 78.2 cm³/mol. The Bertz CT molecular complexity index is 565. The van der Waals surface area contributed by atoms with E-state index in [9.17, 15) is 0 Å². The topological polar surface area (TPSA) is 27.1 Å². The highest BCUT2D eigenvalue weighted by Gasteiger charge is 2.25. The SMILES string of the molecule is COCC(C)(C)n1c(CCl)nc2ccc(Br)cc21. The number of methoxy groups -OCH3 is 1. The molecule has 0 aliphatic heterocycles. The number of alkyl halides is 1. The number of imidazole rings is 1. The monoisotopic (exact) mass is 330 g/mol. The summed E-state index contributed by atoms with van der Waals surface area (Å²) < 4.78 is 8.49. The zero-order chi connectivity index (χ0) is 13.3. The molecule has 0 fully saturated rings. The van der Waals surface area contributed by atoms with E-state index in [1.165, 1.54) is 0 Å². The lowest BCUT2D eigenvalue weighted by Crippen LogP contribution is -2.32. The van der Waals surface area contributed by atoms with Crippen LogP contribution in [0, 0.1) is 0 Å². The van der Waals surface area contributed by atoms with Crippen LogP contribution < -0.4 is 0 Å². The molecule has 0 amide bonds. The first-order chi connectivity index (χ1) is 8.49. The molecule has 3 nitrogen and oxygen atoms in total. The van der Waals surface area contributed by atoms with Crippen LogP contribution in [0.1, 0.15) is 19.7 Å². The van der Waals surface area contributed by atoms with E-state index in [1.54, 1.807) is 7.11 Å². The number of nitrogens with zero attached hydrogens (tertiary/aromatic N) is 2. The van der Waals surface area contributed by atoms with E-state index in [2.05, 4.69) is 45.4 Å². The van der Waals surface area contributed by atoms with Gasteiger partial charge in [0.2, 0.25) is 0 Å². The summed E-state index contributed by atoms with van der Waals surface area (Å²) in [5.74, 6) is 1.26. The van der Waals surface area contributed by atoms with E-state index in [0.717, 1.165) is 21.3 Å². The van der Waals surface area contributed by atoms with Gasteiger partial charge in [0.05, 0.1) is 29.1 Å². The van der Waals surface area contributed by atoms with E-state index in [1.807, 2.05) is 12.1 Å². The number of benzene rings is 1. The Kier molecular flexibility index (Phi) is 3.99. The molecular formula is C13H16BrClN2O. The van der Waals surface area contributed by atoms with Crippen molar-refractivity contribution >= 4 is 38.6 Å². The average Bonchev–Trinajstić information content (AvgIpc) is 2.67. The fourth-order valence-electron chi connectivity index (χ4n) is 2.28. The molecule has 0 aliphatic carbocycles. The lowest BCUT2D eigenvalue weighted by Gasteiger charge is -2.28. The Morgan fingerprint density at radius 1 is 1.44 bits per heavy atom. The predicted octanol–water partition coefficient (Wildman–Crippen LogP) is 3.92. The largest absolute Gasteiger partial charge is 0.382 e. The Balaban J connectivity index is 2.69. The standard InChI is InChI=1S/C13H16BrClN2O/c1-13(2,8-18-3)17-11-6-9(14)4-5-10(11)16-12(17)7-15/h4-6H,7-8H2,1-3H3. The Labute approximate surface area is 120 Å². The summed E-state index contributed by atoms with van der Waals surface area (Å²) in [6.07, 6.45) is 0. The third-order valence-corrected chi connectivity index (χ3v) is 3.64. The van der Waals surface area contributed by atoms with Crippen LogP contribution in [-0.4, -0.2) is 23.3 Å². The second-order valence-electron chi connectivity index (χ2n) is 4.88. The fraction of sp³-hybridized carbons (Fsp3) is 0.462. The van der Waals surface area contributed by atoms with Crippen LogP contribution in [0.25, 0.3) is 11.0 Å². The summed E-state index contributed by atoms with van der Waals surface area (Å²) in [6, 6.07) is 6.05. The van der Waals surface area contributed by atoms with Gasteiger partial charge in [0.25, 0.3) is 0 Å². The van der Waals surface area contributed by atoms with Crippen molar-refractivity contribution in [2.75, 3.05) is 13.7 Å². The summed E-state index contributed by atoms with van der Waals surface area (Å²) in [5, 5.41) is 0. The van der Waals surface area contributed by atoms with Crippen molar-refractivity contribution in [1.29, 1.82) is 0 Å². The van der Waals surface area contributed by atoms with E-state index in [-0.39, 0.29) is 5.54 Å². The third-order valence-electron chi connectivity index (χ3n) is 2.91. The van der Waals surface area contributed by atoms with E-state index < -0.39 is 0 Å². The van der Waals surface area contributed by atoms with Crippen molar-refractivity contribution in [1.82, 2.24) is 9.55 Å². The first kappa shape index (κ1) is 13.8. The number of rotatable bonds is 4. The molecule has 0 N–H and O–H groups in total. The van der Waals surface area contributed by atoms with Crippen LogP contribution in [0.5, 0.6) is 0 Å². The second kappa shape index (κ2) is 5.19. The van der Waals surface area contributed by atoms with Gasteiger partial charge in [-0.05, 0) is 32.0 Å². The van der Waals surface area contributed by atoms with E-state index >= 15 is 0 Å². The van der Waals surface area contributed by atoms with Crippen molar-refractivity contribution in [2.45, 2.75) is 25.3 Å². The van der Waals surface area contributed by atoms with Gasteiger partial charge in [-0.25, -0.2) is 4.98 Å². The minimum atomic E-state index is -0.186. The highest BCUT2D eigenvalue weighted by molar-refractivity contribution is 9.10. The number of aromatic nitrogens is 2. The van der Waals surface area contributed by atoms with Gasteiger partial charge in [-0.15, -0.1) is 11.6 Å². The molecule has 1 aromatic carbocycles. The van der Waals surface area contributed by atoms with Crippen LogP contribution >= 0.6 is 27.5 Å². The summed E-state index contributed by atoms with van der Waals surface area (Å²) in [5.41, 5.74) is 1.84. The van der Waals surface area contributed by atoms with Crippen LogP contribution in [-0.2, 0) is 16.2 Å². The van der Waals surface area contributed by atoms with Gasteiger partial charge < -0.3 is 9.30 Å². The fourth-order valence-corrected chi connectivity index (χ4v) is 2.81. The van der Waals surface area contributed by atoms with Gasteiger partial charge in [0.15, 0.2) is 0 Å². The minimum Gasteiger partial charge on any atom is -0.382 e. The number of hydrogen-bond donors (Lipinski definition) is 0. The molecule has 0 atom stereocenters. The number of halogens is 2. The average molecular weight is 332 g/mol. The maximum atomic E-state index is 6.01. The number of ether oxygens (including phenoxy) is 1. The molecular weight excluding hydrogens is 316 g/mol. The van der Waals surface area contributed by atoms with E-state index in [4.69, 9.17) is 16.3 Å². The Morgan fingerprint density at radius 3 is 2.78 bits per heavy atom. The molecule has 0 bridgehead atoms. The summed E-state index contributed by atoms with van der Waals surface area (Å²) in [7, 11) is 1.71. The zero-order valence-corrected chi connectivity index (χ0v) is 13.0. The smallest absolute Gasteiger partial charge is 0.125 e. The Hall–Kier alpha value is -0.580. The minimum absolute atomic E-state index is 0.186. The summed E-state index contributed by atoms with van der Waals surface area (Å²) in [6.45, 7) is 4.85. The van der Waals surface area contributed by atoms with Crippen molar-refractivity contribution in [3.8, 4) is 0 Å². The molecule has 0 radical (unpaired) electrons.